The average molecular weight is 261 g/mol. The number of rotatable bonds is 1. The molecule has 0 radical (unpaired) electrons. The summed E-state index contributed by atoms with van der Waals surface area (Å²) >= 11 is 0. The molecule has 0 aromatic rings. The normalized spacial score (nSPS) is 27.7. The van der Waals surface area contributed by atoms with Gasteiger partial charge in [0.2, 0.25) is 0 Å². The van der Waals surface area contributed by atoms with E-state index in [4.69, 9.17) is 9.47 Å². The molecule has 0 aliphatic carbocycles. The molecule has 1 saturated heterocycles. The van der Waals surface area contributed by atoms with E-state index in [0.717, 1.165) is 0 Å². The second-order valence-corrected chi connectivity index (χ2v) is 5.16. The topological polar surface area (TPSA) is 94.1 Å². The lowest BCUT2D eigenvalue weighted by Gasteiger charge is -2.20. The van der Waals surface area contributed by atoms with Crippen LogP contribution in [-0.4, -0.2) is 41.6 Å². The Morgan fingerprint density at radius 1 is 1.39 bits per heavy atom. The van der Waals surface area contributed by atoms with Crippen molar-refractivity contribution in [1.29, 1.82) is 0 Å². The van der Waals surface area contributed by atoms with Gasteiger partial charge in [0, 0.05) is 0 Å². The summed E-state index contributed by atoms with van der Waals surface area (Å²) < 4.78 is 9.97. The molecule has 0 spiro atoms. The highest BCUT2D eigenvalue weighted by molar-refractivity contribution is 5.76. The first-order valence-electron chi connectivity index (χ1n) is 5.70. The van der Waals surface area contributed by atoms with Crippen molar-refractivity contribution in [2.24, 2.45) is 5.92 Å². The highest BCUT2D eigenvalue weighted by Crippen LogP contribution is 2.22. The molecule has 1 heterocycles. The number of ether oxygens (including phenoxy) is 2. The van der Waals surface area contributed by atoms with Gasteiger partial charge in [0.1, 0.15) is 11.5 Å². The van der Waals surface area contributed by atoms with Crippen LogP contribution in [0.2, 0.25) is 0 Å². The Balaban J connectivity index is 2.39. The number of amides is 1. The minimum absolute atomic E-state index is 0.0768. The van der Waals surface area contributed by atoms with E-state index < -0.39 is 35.8 Å². The number of hydrogen-bond acceptors (Lipinski definition) is 6. The first kappa shape index (κ1) is 14.7. The SMILES string of the molecule is CC1OCC(O)C1C(=O)ONC(=O)OC(C)(C)C. The Labute approximate surface area is 105 Å². The molecule has 2 N–H and O–H groups in total. The number of aliphatic hydroxyl groups is 1. The van der Waals surface area contributed by atoms with Crippen molar-refractivity contribution in [2.75, 3.05) is 6.61 Å². The van der Waals surface area contributed by atoms with Crippen molar-refractivity contribution >= 4 is 12.1 Å². The second-order valence-electron chi connectivity index (χ2n) is 5.16. The lowest BCUT2D eigenvalue weighted by Crippen LogP contribution is -2.39. The van der Waals surface area contributed by atoms with E-state index in [9.17, 15) is 14.7 Å². The third kappa shape index (κ3) is 4.15. The molecular weight excluding hydrogens is 242 g/mol. The standard InChI is InChI=1S/C11H19NO6/c1-6-8(7(13)5-16-6)9(14)18-12-10(15)17-11(2,3)4/h6-8,13H,5H2,1-4H3,(H,12,15). The van der Waals surface area contributed by atoms with Crippen LogP contribution < -0.4 is 5.48 Å². The van der Waals surface area contributed by atoms with Crippen molar-refractivity contribution in [2.45, 2.75) is 45.5 Å². The van der Waals surface area contributed by atoms with Crippen LogP contribution in [0.25, 0.3) is 0 Å². The van der Waals surface area contributed by atoms with Crippen molar-refractivity contribution in [1.82, 2.24) is 5.48 Å². The molecule has 104 valence electrons. The molecule has 0 aromatic heterocycles. The van der Waals surface area contributed by atoms with Gasteiger partial charge >= 0.3 is 12.1 Å². The van der Waals surface area contributed by atoms with Gasteiger partial charge in [-0.05, 0) is 27.7 Å². The molecule has 0 aromatic carbocycles. The molecule has 3 atom stereocenters. The predicted molar refractivity (Wildman–Crippen MR) is 60.4 cm³/mol. The Kier molecular flexibility index (Phi) is 4.53. The Hall–Kier alpha value is -1.34. The maximum Gasteiger partial charge on any atom is 0.441 e. The van der Waals surface area contributed by atoms with Crippen molar-refractivity contribution in [3.05, 3.63) is 0 Å². The molecule has 3 unspecified atom stereocenters. The molecule has 7 heteroatoms. The maximum atomic E-state index is 11.6. The molecule has 0 saturated carbocycles. The third-order valence-electron chi connectivity index (χ3n) is 2.36. The van der Waals surface area contributed by atoms with Crippen LogP contribution in [0.15, 0.2) is 0 Å². The molecule has 1 aliphatic heterocycles. The van der Waals surface area contributed by atoms with E-state index in [-0.39, 0.29) is 6.61 Å². The van der Waals surface area contributed by atoms with Crippen LogP contribution in [0.4, 0.5) is 4.79 Å². The van der Waals surface area contributed by atoms with Gasteiger partial charge < -0.3 is 19.4 Å². The van der Waals surface area contributed by atoms with Crippen molar-refractivity contribution in [3.8, 4) is 0 Å². The number of hydrogen-bond donors (Lipinski definition) is 2. The summed E-state index contributed by atoms with van der Waals surface area (Å²) in [7, 11) is 0. The molecular formula is C11H19NO6. The van der Waals surface area contributed by atoms with Crippen LogP contribution in [-0.2, 0) is 19.1 Å². The van der Waals surface area contributed by atoms with Crippen LogP contribution in [0.1, 0.15) is 27.7 Å². The highest BCUT2D eigenvalue weighted by atomic mass is 16.7. The van der Waals surface area contributed by atoms with Crippen LogP contribution >= 0.6 is 0 Å². The zero-order chi connectivity index (χ0) is 13.9. The fourth-order valence-electron chi connectivity index (χ4n) is 1.58. The maximum absolute atomic E-state index is 11.6. The van der Waals surface area contributed by atoms with E-state index in [1.165, 1.54) is 0 Å². The zero-order valence-corrected chi connectivity index (χ0v) is 10.9. The summed E-state index contributed by atoms with van der Waals surface area (Å²) in [6.45, 7) is 6.78. The molecule has 7 nitrogen and oxygen atoms in total. The highest BCUT2D eigenvalue weighted by Gasteiger charge is 2.40. The Morgan fingerprint density at radius 2 is 2.00 bits per heavy atom. The average Bonchev–Trinajstić information content (AvgIpc) is 2.53. The molecule has 1 rings (SSSR count). The van der Waals surface area contributed by atoms with Crippen molar-refractivity contribution < 1.29 is 29.0 Å². The summed E-state index contributed by atoms with van der Waals surface area (Å²) in [6, 6.07) is 0. The van der Waals surface area contributed by atoms with Gasteiger partial charge in [-0.15, -0.1) is 5.48 Å². The number of carbonyl (C=O) groups is 2. The fraction of sp³-hybridized carbons (Fsp3) is 0.818. The van der Waals surface area contributed by atoms with Gasteiger partial charge in [-0.2, -0.15) is 0 Å². The predicted octanol–water partition coefficient (Wildman–Crippen LogP) is 0.365. The van der Waals surface area contributed by atoms with Crippen LogP contribution in [0, 0.1) is 5.92 Å². The summed E-state index contributed by atoms with van der Waals surface area (Å²) in [6.07, 6.45) is -2.24. The minimum atomic E-state index is -0.923. The van der Waals surface area contributed by atoms with Crippen molar-refractivity contribution in [3.63, 3.8) is 0 Å². The summed E-state index contributed by atoms with van der Waals surface area (Å²) in [5, 5.41) is 9.51. The summed E-state index contributed by atoms with van der Waals surface area (Å²) in [4.78, 5) is 27.4. The molecule has 1 fully saturated rings. The van der Waals surface area contributed by atoms with E-state index >= 15 is 0 Å². The van der Waals surface area contributed by atoms with Gasteiger partial charge in [-0.3, -0.25) is 0 Å². The van der Waals surface area contributed by atoms with Gasteiger partial charge in [0.25, 0.3) is 0 Å². The fourth-order valence-corrected chi connectivity index (χ4v) is 1.58. The third-order valence-corrected chi connectivity index (χ3v) is 2.36. The molecule has 18 heavy (non-hydrogen) atoms. The lowest BCUT2D eigenvalue weighted by atomic mass is 10.0. The minimum Gasteiger partial charge on any atom is -0.442 e. The quantitative estimate of drug-likeness (QED) is 0.662. The summed E-state index contributed by atoms with van der Waals surface area (Å²) in [5.41, 5.74) is 1.20. The van der Waals surface area contributed by atoms with Gasteiger partial charge in [-0.1, -0.05) is 0 Å². The number of nitrogens with one attached hydrogen (secondary N) is 1. The van der Waals surface area contributed by atoms with E-state index in [0.29, 0.717) is 0 Å². The first-order chi connectivity index (χ1) is 8.20. The largest absolute Gasteiger partial charge is 0.442 e. The Morgan fingerprint density at radius 3 is 2.44 bits per heavy atom. The number of carbonyl (C=O) groups excluding carboxylic acids is 2. The molecule has 1 aliphatic rings. The van der Waals surface area contributed by atoms with Crippen LogP contribution in [0.5, 0.6) is 0 Å². The summed E-state index contributed by atoms with van der Waals surface area (Å²) in [5.74, 6) is -1.56. The van der Waals surface area contributed by atoms with Crippen LogP contribution in [0.3, 0.4) is 0 Å². The smallest absolute Gasteiger partial charge is 0.441 e. The van der Waals surface area contributed by atoms with E-state index in [2.05, 4.69) is 4.84 Å². The molecule has 1 amide bonds. The van der Waals surface area contributed by atoms with E-state index in [1.54, 1.807) is 27.7 Å². The number of hydroxylamine groups is 1. The number of aliphatic hydroxyl groups excluding tert-OH is 1. The Bertz CT molecular complexity index is 314. The zero-order valence-electron chi connectivity index (χ0n) is 10.9. The van der Waals surface area contributed by atoms with Gasteiger partial charge in [-0.25, -0.2) is 9.59 Å². The monoisotopic (exact) mass is 261 g/mol. The molecule has 0 bridgehead atoms. The van der Waals surface area contributed by atoms with Gasteiger partial charge in [0.15, 0.2) is 0 Å². The second kappa shape index (κ2) is 5.53. The lowest BCUT2D eigenvalue weighted by molar-refractivity contribution is -0.159. The van der Waals surface area contributed by atoms with E-state index in [1.807, 2.05) is 5.48 Å². The first-order valence-corrected chi connectivity index (χ1v) is 5.70. The van der Waals surface area contributed by atoms with Gasteiger partial charge in [0.05, 0.1) is 18.8 Å².